The minimum absolute atomic E-state index is 0.215. The minimum atomic E-state index is -2.94. The van der Waals surface area contributed by atoms with Gasteiger partial charge in [0.05, 0.1) is 33.1 Å². The van der Waals surface area contributed by atoms with Gasteiger partial charge in [0.25, 0.3) is 0 Å². The van der Waals surface area contributed by atoms with Crippen molar-refractivity contribution in [2.75, 3.05) is 5.73 Å². The summed E-state index contributed by atoms with van der Waals surface area (Å²) in [5.74, 6) is -0.215. The Bertz CT molecular complexity index is 1100. The summed E-state index contributed by atoms with van der Waals surface area (Å²) in [7, 11) is 0. The van der Waals surface area contributed by atoms with Crippen LogP contribution in [-0.2, 0) is 0 Å². The lowest BCUT2D eigenvalue weighted by molar-refractivity contribution is -0.0528. The Morgan fingerprint density at radius 2 is 2.00 bits per heavy atom. The molecule has 2 aromatic heterocycles. The molecule has 0 saturated carbocycles. The zero-order chi connectivity index (χ0) is 17.6. The van der Waals surface area contributed by atoms with Crippen LogP contribution in [0.25, 0.3) is 31.8 Å². The van der Waals surface area contributed by atoms with Crippen molar-refractivity contribution in [1.29, 1.82) is 0 Å². The number of aromatic nitrogens is 3. The van der Waals surface area contributed by atoms with E-state index in [1.54, 1.807) is 6.07 Å². The first-order valence-corrected chi connectivity index (χ1v) is 8.20. The van der Waals surface area contributed by atoms with Gasteiger partial charge in [0.2, 0.25) is 5.88 Å². The third-order valence-electron chi connectivity index (χ3n) is 3.65. The molecule has 2 heterocycles. The molecule has 0 saturated heterocycles. The second-order valence-electron chi connectivity index (χ2n) is 5.48. The number of anilines is 1. The van der Waals surface area contributed by atoms with Crippen LogP contribution in [0.4, 0.5) is 14.5 Å². The molecule has 2 N–H and O–H groups in total. The van der Waals surface area contributed by atoms with Gasteiger partial charge in [-0.1, -0.05) is 6.07 Å². The molecule has 0 aliphatic carbocycles. The van der Waals surface area contributed by atoms with Crippen molar-refractivity contribution in [3.05, 3.63) is 42.1 Å². The van der Waals surface area contributed by atoms with Crippen LogP contribution in [0.15, 0.2) is 36.5 Å². The predicted octanol–water partition coefficient (Wildman–Crippen LogP) is 4.40. The number of thiazole rings is 1. The molecular weight excluding hydrogens is 346 g/mol. The van der Waals surface area contributed by atoms with E-state index in [1.807, 2.05) is 31.2 Å². The Morgan fingerprint density at radius 1 is 1.16 bits per heavy atom. The summed E-state index contributed by atoms with van der Waals surface area (Å²) in [6.45, 7) is -1.05. The Labute approximate surface area is 145 Å². The van der Waals surface area contributed by atoms with Crippen molar-refractivity contribution < 1.29 is 13.5 Å². The summed E-state index contributed by atoms with van der Waals surface area (Å²) in [6, 6.07) is 9.28. The summed E-state index contributed by atoms with van der Waals surface area (Å²) in [5.41, 5.74) is 10.2. The van der Waals surface area contributed by atoms with Crippen LogP contribution in [-0.4, -0.2) is 21.6 Å². The molecule has 0 aliphatic heterocycles. The fourth-order valence-corrected chi connectivity index (χ4v) is 3.65. The van der Waals surface area contributed by atoms with E-state index in [9.17, 15) is 8.78 Å². The Morgan fingerprint density at radius 3 is 2.76 bits per heavy atom. The lowest BCUT2D eigenvalue weighted by atomic mass is 10.1. The fraction of sp³-hybridized carbons (Fsp3) is 0.118. The summed E-state index contributed by atoms with van der Waals surface area (Å²) in [4.78, 5) is 13.0. The summed E-state index contributed by atoms with van der Waals surface area (Å²) in [5, 5.41) is 0.749. The first-order chi connectivity index (χ1) is 12.0. The molecule has 0 atom stereocenters. The molecule has 2 aromatic carbocycles. The van der Waals surface area contributed by atoms with Gasteiger partial charge in [-0.15, -0.1) is 11.3 Å². The highest BCUT2D eigenvalue weighted by molar-refractivity contribution is 7.22. The molecule has 4 aromatic rings. The Kier molecular flexibility index (Phi) is 3.69. The molecule has 0 spiro atoms. The zero-order valence-electron chi connectivity index (χ0n) is 13.0. The lowest BCUT2D eigenvalue weighted by Gasteiger charge is -2.07. The first-order valence-electron chi connectivity index (χ1n) is 7.39. The third kappa shape index (κ3) is 2.85. The van der Waals surface area contributed by atoms with Crippen molar-refractivity contribution >= 4 is 38.3 Å². The van der Waals surface area contributed by atoms with Crippen molar-refractivity contribution in [3.8, 4) is 16.5 Å². The van der Waals surface area contributed by atoms with Crippen LogP contribution in [0, 0.1) is 6.92 Å². The number of nitrogens with zero attached hydrogens (tertiary/aromatic N) is 3. The molecule has 0 radical (unpaired) electrons. The number of nitrogens with two attached hydrogens (primary N) is 1. The van der Waals surface area contributed by atoms with Gasteiger partial charge < -0.3 is 10.5 Å². The first kappa shape index (κ1) is 15.6. The van der Waals surface area contributed by atoms with Crippen LogP contribution in [0.5, 0.6) is 5.88 Å². The average molecular weight is 358 g/mol. The van der Waals surface area contributed by atoms with Crippen LogP contribution >= 0.6 is 11.3 Å². The van der Waals surface area contributed by atoms with Crippen LogP contribution in [0.2, 0.25) is 0 Å². The van der Waals surface area contributed by atoms with Gasteiger partial charge in [-0.05, 0) is 36.8 Å². The van der Waals surface area contributed by atoms with E-state index >= 15 is 0 Å². The second-order valence-corrected chi connectivity index (χ2v) is 6.48. The molecule has 0 unspecified atom stereocenters. The number of alkyl halides is 2. The minimum Gasteiger partial charge on any atom is -0.415 e. The maximum absolute atomic E-state index is 12.4. The number of rotatable bonds is 3. The summed E-state index contributed by atoms with van der Waals surface area (Å²) in [6.07, 6.45) is 1.19. The van der Waals surface area contributed by atoms with Gasteiger partial charge in [0, 0.05) is 5.56 Å². The standard InChI is InChI=1S/C17H12F2N4OS/c1-8-5-9(16-23-11-4-2-3-10(20)15(11)25-16)14-12(6-8)22-13(7-21-14)24-17(18)19/h2-7,17H,20H2,1H3. The molecule has 5 nitrogen and oxygen atoms in total. The van der Waals surface area contributed by atoms with Crippen LogP contribution < -0.4 is 10.5 Å². The molecule has 0 fully saturated rings. The number of halogens is 2. The molecule has 8 heteroatoms. The van der Waals surface area contributed by atoms with Crippen molar-refractivity contribution in [2.24, 2.45) is 0 Å². The highest BCUT2D eigenvalue weighted by Crippen LogP contribution is 2.36. The van der Waals surface area contributed by atoms with Gasteiger partial charge >= 0.3 is 6.61 Å². The van der Waals surface area contributed by atoms with Crippen molar-refractivity contribution in [2.45, 2.75) is 13.5 Å². The predicted molar refractivity (Wildman–Crippen MR) is 93.9 cm³/mol. The molecule has 126 valence electrons. The van der Waals surface area contributed by atoms with E-state index in [-0.39, 0.29) is 5.88 Å². The van der Waals surface area contributed by atoms with Crippen molar-refractivity contribution in [3.63, 3.8) is 0 Å². The largest absolute Gasteiger partial charge is 0.415 e. The molecule has 25 heavy (non-hydrogen) atoms. The van der Waals surface area contributed by atoms with E-state index in [2.05, 4.69) is 19.7 Å². The van der Waals surface area contributed by atoms with E-state index < -0.39 is 6.61 Å². The Balaban J connectivity index is 1.92. The summed E-state index contributed by atoms with van der Waals surface area (Å²) < 4.78 is 30.0. The van der Waals surface area contributed by atoms with E-state index in [4.69, 9.17) is 5.73 Å². The highest BCUT2D eigenvalue weighted by Gasteiger charge is 2.15. The van der Waals surface area contributed by atoms with E-state index in [1.165, 1.54) is 17.5 Å². The van der Waals surface area contributed by atoms with Gasteiger partial charge in [-0.25, -0.2) is 15.0 Å². The van der Waals surface area contributed by atoms with Gasteiger partial charge in [-0.3, -0.25) is 0 Å². The van der Waals surface area contributed by atoms with Crippen LogP contribution in [0.3, 0.4) is 0 Å². The Hall–Kier alpha value is -2.87. The van der Waals surface area contributed by atoms with Gasteiger partial charge in [0.1, 0.15) is 5.01 Å². The number of ether oxygens (including phenoxy) is 1. The SMILES string of the molecule is Cc1cc(-c2nc3cccc(N)c3s2)c2ncc(OC(F)F)nc2c1. The number of aryl methyl sites for hydroxylation is 1. The lowest BCUT2D eigenvalue weighted by Crippen LogP contribution is -2.04. The second kappa shape index (κ2) is 5.89. The molecule has 0 bridgehead atoms. The monoisotopic (exact) mass is 358 g/mol. The maximum atomic E-state index is 12.4. The smallest absolute Gasteiger partial charge is 0.388 e. The quantitative estimate of drug-likeness (QED) is 0.550. The van der Waals surface area contributed by atoms with E-state index in [0.717, 1.165) is 26.4 Å². The van der Waals surface area contributed by atoms with Gasteiger partial charge in [-0.2, -0.15) is 8.78 Å². The number of fused-ring (bicyclic) bond motifs is 2. The fourth-order valence-electron chi connectivity index (χ4n) is 2.64. The van der Waals surface area contributed by atoms with E-state index in [0.29, 0.717) is 16.7 Å². The van der Waals surface area contributed by atoms with Crippen LogP contribution in [0.1, 0.15) is 5.56 Å². The maximum Gasteiger partial charge on any atom is 0.388 e. The molecule has 4 rings (SSSR count). The number of hydrogen-bond acceptors (Lipinski definition) is 6. The topological polar surface area (TPSA) is 73.9 Å². The highest BCUT2D eigenvalue weighted by atomic mass is 32.1. The summed E-state index contributed by atoms with van der Waals surface area (Å²) >= 11 is 1.46. The number of hydrogen-bond donors (Lipinski definition) is 1. The van der Waals surface area contributed by atoms with Crippen molar-refractivity contribution in [1.82, 2.24) is 15.0 Å². The molecular formula is C17H12F2N4OS. The number of benzene rings is 2. The average Bonchev–Trinajstić information content (AvgIpc) is 2.98. The molecule has 0 aliphatic rings. The van der Waals surface area contributed by atoms with Gasteiger partial charge in [0.15, 0.2) is 0 Å². The number of nitrogen functional groups attached to an aromatic ring is 1. The normalized spacial score (nSPS) is 11.5. The molecule has 0 amide bonds. The zero-order valence-corrected chi connectivity index (χ0v) is 13.8. The third-order valence-corrected chi connectivity index (χ3v) is 4.81.